The van der Waals surface area contributed by atoms with Crippen LogP contribution in [0.15, 0.2) is 12.3 Å². The first-order chi connectivity index (χ1) is 13.2. The molecule has 3 fully saturated rings. The quantitative estimate of drug-likeness (QED) is 0.600. The van der Waals surface area contributed by atoms with Crippen molar-refractivity contribution in [2.75, 3.05) is 18.0 Å². The molecule has 0 radical (unpaired) electrons. The number of pyridine rings is 1. The van der Waals surface area contributed by atoms with Gasteiger partial charge in [-0.15, -0.1) is 12.4 Å². The first kappa shape index (κ1) is 20.1. The van der Waals surface area contributed by atoms with Gasteiger partial charge >= 0.3 is 0 Å². The van der Waals surface area contributed by atoms with Gasteiger partial charge in [-0.3, -0.25) is 0 Å². The fraction of sp³-hybridized carbons (Fsp3) is 0.708. The van der Waals surface area contributed by atoms with Crippen LogP contribution >= 0.6 is 12.4 Å². The minimum atomic E-state index is 0. The number of aryl methyl sites for hydroxylation is 1. The number of fused-ring (bicyclic) bond motifs is 1. The topological polar surface area (TPSA) is 21.1 Å². The van der Waals surface area contributed by atoms with Crippen LogP contribution in [0.1, 0.15) is 69.0 Å². The second-order valence-corrected chi connectivity index (χ2v) is 9.54. The highest BCUT2D eigenvalue weighted by molar-refractivity contribution is 5.93. The Morgan fingerprint density at radius 2 is 1.71 bits per heavy atom. The largest absolute Gasteiger partial charge is 0.355 e. The molecule has 0 N–H and O–H groups in total. The summed E-state index contributed by atoms with van der Waals surface area (Å²) in [5.74, 6) is 4.00. The van der Waals surface area contributed by atoms with Gasteiger partial charge in [0, 0.05) is 36.9 Å². The van der Waals surface area contributed by atoms with Crippen molar-refractivity contribution < 1.29 is 0 Å². The van der Waals surface area contributed by atoms with Crippen molar-refractivity contribution in [1.82, 2.24) is 9.55 Å². The first-order valence-electron chi connectivity index (χ1n) is 11.4. The Morgan fingerprint density at radius 1 is 0.964 bits per heavy atom. The van der Waals surface area contributed by atoms with E-state index < -0.39 is 0 Å². The molecule has 3 heterocycles. The molecule has 4 heteroatoms. The predicted octanol–water partition coefficient (Wildman–Crippen LogP) is 6.28. The maximum Gasteiger partial charge on any atom is 0.153 e. The highest BCUT2D eigenvalue weighted by atomic mass is 35.5. The summed E-state index contributed by atoms with van der Waals surface area (Å²) in [4.78, 5) is 7.60. The van der Waals surface area contributed by atoms with Crippen LogP contribution in [0.5, 0.6) is 0 Å². The van der Waals surface area contributed by atoms with E-state index in [1.54, 1.807) is 0 Å². The summed E-state index contributed by atoms with van der Waals surface area (Å²) in [7, 11) is 0. The van der Waals surface area contributed by atoms with Crippen molar-refractivity contribution in [1.29, 1.82) is 0 Å². The van der Waals surface area contributed by atoms with Gasteiger partial charge in [0.25, 0.3) is 0 Å². The molecule has 0 spiro atoms. The van der Waals surface area contributed by atoms with Crippen molar-refractivity contribution in [3.8, 4) is 0 Å². The molecule has 0 aromatic carbocycles. The Labute approximate surface area is 176 Å². The van der Waals surface area contributed by atoms with Crippen molar-refractivity contribution in [2.24, 2.45) is 17.8 Å². The molecule has 0 amide bonds. The molecular weight excluding hydrogens is 366 g/mol. The lowest BCUT2D eigenvalue weighted by atomic mass is 9.76. The average molecular weight is 402 g/mol. The van der Waals surface area contributed by atoms with E-state index in [1.165, 1.54) is 105 Å². The Bertz CT molecular complexity index is 817. The molecule has 1 saturated heterocycles. The van der Waals surface area contributed by atoms with Gasteiger partial charge in [0.1, 0.15) is 0 Å². The zero-order valence-corrected chi connectivity index (χ0v) is 18.4. The standard InChI is InChI=1S/C24H35N3.ClH/c1-17-18(2)27(15-19-10-11-19)23-22(17)12-13-25-24(23)26-14-6-9-21(16-26)20-7-4-3-5-8-20;/h12-13,19-21H,3-11,14-16H2,1-2H3;1H. The van der Waals surface area contributed by atoms with E-state index in [9.17, 15) is 0 Å². The molecule has 2 aliphatic carbocycles. The fourth-order valence-electron chi connectivity index (χ4n) is 5.79. The van der Waals surface area contributed by atoms with E-state index in [0.29, 0.717) is 0 Å². The molecule has 154 valence electrons. The molecule has 1 unspecified atom stereocenters. The van der Waals surface area contributed by atoms with Crippen LogP contribution in [0.3, 0.4) is 0 Å². The molecule has 2 saturated carbocycles. The van der Waals surface area contributed by atoms with Crippen LogP contribution in [0.4, 0.5) is 5.82 Å². The maximum absolute atomic E-state index is 4.96. The van der Waals surface area contributed by atoms with Crippen LogP contribution in [-0.4, -0.2) is 22.6 Å². The smallest absolute Gasteiger partial charge is 0.153 e. The van der Waals surface area contributed by atoms with Gasteiger partial charge in [-0.2, -0.15) is 0 Å². The van der Waals surface area contributed by atoms with E-state index in [4.69, 9.17) is 4.98 Å². The molecule has 0 bridgehead atoms. The Hall–Kier alpha value is -1.22. The minimum Gasteiger partial charge on any atom is -0.355 e. The molecule has 28 heavy (non-hydrogen) atoms. The van der Waals surface area contributed by atoms with E-state index >= 15 is 0 Å². The molecular formula is C24H36ClN3. The van der Waals surface area contributed by atoms with Crippen molar-refractivity contribution in [3.63, 3.8) is 0 Å². The van der Waals surface area contributed by atoms with Crippen LogP contribution in [0.2, 0.25) is 0 Å². The van der Waals surface area contributed by atoms with E-state index in [-0.39, 0.29) is 12.4 Å². The number of anilines is 1. The molecule has 1 atom stereocenters. The van der Waals surface area contributed by atoms with Gasteiger partial charge in [0.05, 0.1) is 5.52 Å². The van der Waals surface area contributed by atoms with Gasteiger partial charge in [-0.25, -0.2) is 4.98 Å². The number of halogens is 1. The van der Waals surface area contributed by atoms with E-state index in [1.807, 2.05) is 0 Å². The summed E-state index contributed by atoms with van der Waals surface area (Å²) in [6.45, 7) is 8.20. The second-order valence-electron chi connectivity index (χ2n) is 9.54. The molecule has 3 nitrogen and oxygen atoms in total. The summed E-state index contributed by atoms with van der Waals surface area (Å²) in [6.07, 6.45) is 14.9. The highest BCUT2D eigenvalue weighted by Crippen LogP contribution is 2.40. The Kier molecular flexibility index (Phi) is 5.92. The fourth-order valence-corrected chi connectivity index (χ4v) is 5.79. The number of rotatable bonds is 4. The predicted molar refractivity (Wildman–Crippen MR) is 121 cm³/mol. The molecule has 2 aromatic heterocycles. The molecule has 5 rings (SSSR count). The van der Waals surface area contributed by atoms with Crippen LogP contribution < -0.4 is 4.90 Å². The first-order valence-corrected chi connectivity index (χ1v) is 11.4. The van der Waals surface area contributed by atoms with E-state index in [2.05, 4.69) is 35.6 Å². The highest BCUT2D eigenvalue weighted by Gasteiger charge is 2.31. The maximum atomic E-state index is 4.96. The summed E-state index contributed by atoms with van der Waals surface area (Å²) in [6, 6.07) is 2.24. The minimum absolute atomic E-state index is 0. The number of nitrogens with zero attached hydrogens (tertiary/aromatic N) is 3. The van der Waals surface area contributed by atoms with Crippen molar-refractivity contribution in [2.45, 2.75) is 78.2 Å². The third kappa shape index (κ3) is 3.67. The summed E-state index contributed by atoms with van der Waals surface area (Å²) in [5.41, 5.74) is 4.32. The Morgan fingerprint density at radius 3 is 2.46 bits per heavy atom. The normalized spacial score (nSPS) is 23.8. The van der Waals surface area contributed by atoms with Crippen molar-refractivity contribution >= 4 is 29.1 Å². The van der Waals surface area contributed by atoms with Gasteiger partial charge in [-0.05, 0) is 68.9 Å². The summed E-state index contributed by atoms with van der Waals surface area (Å²) < 4.78 is 2.61. The number of piperidine rings is 1. The number of hydrogen-bond acceptors (Lipinski definition) is 2. The summed E-state index contributed by atoms with van der Waals surface area (Å²) >= 11 is 0. The average Bonchev–Trinajstić information content (AvgIpc) is 3.51. The zero-order chi connectivity index (χ0) is 18.4. The molecule has 3 aliphatic rings. The van der Waals surface area contributed by atoms with Crippen molar-refractivity contribution in [3.05, 3.63) is 23.5 Å². The van der Waals surface area contributed by atoms with Crippen LogP contribution in [0, 0.1) is 31.6 Å². The van der Waals surface area contributed by atoms with E-state index in [0.717, 1.165) is 17.8 Å². The lowest BCUT2D eigenvalue weighted by Crippen LogP contribution is -2.39. The van der Waals surface area contributed by atoms with Gasteiger partial charge in [0.2, 0.25) is 0 Å². The Balaban J connectivity index is 0.00000192. The van der Waals surface area contributed by atoms with Gasteiger partial charge in [0.15, 0.2) is 5.82 Å². The monoisotopic (exact) mass is 401 g/mol. The number of hydrogen-bond donors (Lipinski definition) is 0. The van der Waals surface area contributed by atoms with Crippen LogP contribution in [-0.2, 0) is 6.54 Å². The second kappa shape index (κ2) is 8.26. The van der Waals surface area contributed by atoms with Crippen LogP contribution in [0.25, 0.3) is 10.9 Å². The zero-order valence-electron chi connectivity index (χ0n) is 17.6. The third-order valence-corrected chi connectivity index (χ3v) is 7.74. The number of aromatic nitrogens is 2. The SMILES string of the molecule is Cc1c(C)n(CC2CC2)c2c(N3CCCC(C4CCCCC4)C3)nccc12.Cl. The van der Waals surface area contributed by atoms with Gasteiger partial charge < -0.3 is 9.47 Å². The third-order valence-electron chi connectivity index (χ3n) is 7.74. The lowest BCUT2D eigenvalue weighted by Gasteiger charge is -2.39. The van der Waals surface area contributed by atoms with Gasteiger partial charge in [-0.1, -0.05) is 32.1 Å². The molecule has 1 aliphatic heterocycles. The summed E-state index contributed by atoms with van der Waals surface area (Å²) in [5, 5.41) is 1.43. The molecule has 2 aromatic rings. The lowest BCUT2D eigenvalue weighted by molar-refractivity contribution is 0.220.